The molecule has 0 spiro atoms. The summed E-state index contributed by atoms with van der Waals surface area (Å²) < 4.78 is 0. The molecule has 1 heterocycles. The third kappa shape index (κ3) is 3.89. The van der Waals surface area contributed by atoms with Gasteiger partial charge in [-0.15, -0.1) is 0 Å². The Morgan fingerprint density at radius 1 is 1.38 bits per heavy atom. The smallest absolute Gasteiger partial charge is 0.227 e. The lowest BCUT2D eigenvalue weighted by molar-refractivity contribution is -0.126. The van der Waals surface area contributed by atoms with Gasteiger partial charge in [-0.1, -0.05) is 30.1 Å². The van der Waals surface area contributed by atoms with Crippen LogP contribution in [0.4, 0.5) is 5.69 Å². The number of halogens is 2. The Labute approximate surface area is 134 Å². The van der Waals surface area contributed by atoms with Gasteiger partial charge in [-0.05, 0) is 31.5 Å². The minimum atomic E-state index is -0.329. The first-order valence-electron chi connectivity index (χ1n) is 6.97. The molecule has 2 amide bonds. The first-order valence-corrected chi connectivity index (χ1v) is 7.73. The van der Waals surface area contributed by atoms with E-state index in [9.17, 15) is 9.59 Å². The molecule has 0 bridgehead atoms. The number of benzene rings is 1. The number of carbonyl (C=O) groups excluding carboxylic acids is 2. The van der Waals surface area contributed by atoms with E-state index in [1.165, 1.54) is 0 Å². The second kappa shape index (κ2) is 6.67. The molecule has 6 heteroatoms. The van der Waals surface area contributed by atoms with Crippen LogP contribution in [-0.4, -0.2) is 24.4 Å². The standard InChI is InChI=1S/C15H18Cl2N2O2/c1-3-9(2)18-15(21)10-4-14(20)19(8-10)13-6-11(16)5-12(17)7-13/h5-7,9-10H,3-4,8H2,1-2H3,(H,18,21). The molecule has 0 aliphatic carbocycles. The van der Waals surface area contributed by atoms with Crippen molar-refractivity contribution in [2.45, 2.75) is 32.7 Å². The average Bonchev–Trinajstić information content (AvgIpc) is 2.79. The van der Waals surface area contributed by atoms with Gasteiger partial charge >= 0.3 is 0 Å². The van der Waals surface area contributed by atoms with Crippen LogP contribution in [0.15, 0.2) is 18.2 Å². The van der Waals surface area contributed by atoms with E-state index in [1.54, 1.807) is 23.1 Å². The SMILES string of the molecule is CCC(C)NC(=O)C1CC(=O)N(c2cc(Cl)cc(Cl)c2)C1. The number of hydrogen-bond donors (Lipinski definition) is 1. The average molecular weight is 329 g/mol. The van der Waals surface area contributed by atoms with E-state index in [-0.39, 0.29) is 30.2 Å². The molecule has 0 aromatic heterocycles. The minimum absolute atomic E-state index is 0.0756. The molecule has 1 aromatic carbocycles. The van der Waals surface area contributed by atoms with Gasteiger partial charge in [0.05, 0.1) is 5.92 Å². The van der Waals surface area contributed by atoms with Crippen LogP contribution in [-0.2, 0) is 9.59 Å². The molecule has 1 aliphatic rings. The van der Waals surface area contributed by atoms with Crippen LogP contribution in [0.1, 0.15) is 26.7 Å². The fraction of sp³-hybridized carbons (Fsp3) is 0.467. The van der Waals surface area contributed by atoms with E-state index in [2.05, 4.69) is 5.32 Å². The highest BCUT2D eigenvalue weighted by Crippen LogP contribution is 2.30. The van der Waals surface area contributed by atoms with E-state index in [4.69, 9.17) is 23.2 Å². The molecule has 1 saturated heterocycles. The minimum Gasteiger partial charge on any atom is -0.353 e. The van der Waals surface area contributed by atoms with Crippen LogP contribution >= 0.6 is 23.2 Å². The molecule has 2 atom stereocenters. The van der Waals surface area contributed by atoms with E-state index in [1.807, 2.05) is 13.8 Å². The second-order valence-electron chi connectivity index (χ2n) is 5.35. The molecule has 0 saturated carbocycles. The molecule has 1 N–H and O–H groups in total. The van der Waals surface area contributed by atoms with Crippen molar-refractivity contribution in [3.63, 3.8) is 0 Å². The molecular formula is C15H18Cl2N2O2. The summed E-state index contributed by atoms with van der Waals surface area (Å²) in [6, 6.07) is 5.09. The Hall–Kier alpha value is -1.26. The highest BCUT2D eigenvalue weighted by atomic mass is 35.5. The summed E-state index contributed by atoms with van der Waals surface area (Å²) in [7, 11) is 0. The summed E-state index contributed by atoms with van der Waals surface area (Å²) in [5.74, 6) is -0.491. The van der Waals surface area contributed by atoms with Crippen LogP contribution in [0.3, 0.4) is 0 Å². The molecular weight excluding hydrogens is 311 g/mol. The summed E-state index contributed by atoms with van der Waals surface area (Å²) in [5, 5.41) is 3.86. The second-order valence-corrected chi connectivity index (χ2v) is 6.22. The number of hydrogen-bond acceptors (Lipinski definition) is 2. The summed E-state index contributed by atoms with van der Waals surface area (Å²) in [6.45, 7) is 4.31. The van der Waals surface area contributed by atoms with Gasteiger partial charge in [0.25, 0.3) is 0 Å². The molecule has 1 aromatic rings. The zero-order chi connectivity index (χ0) is 15.6. The molecule has 0 radical (unpaired) electrons. The van der Waals surface area contributed by atoms with E-state index in [0.29, 0.717) is 22.3 Å². The number of nitrogens with one attached hydrogen (secondary N) is 1. The molecule has 114 valence electrons. The fourth-order valence-electron chi connectivity index (χ4n) is 2.29. The van der Waals surface area contributed by atoms with Crippen molar-refractivity contribution in [1.29, 1.82) is 0 Å². The quantitative estimate of drug-likeness (QED) is 0.922. The summed E-state index contributed by atoms with van der Waals surface area (Å²) in [4.78, 5) is 25.8. The number of anilines is 1. The fourth-order valence-corrected chi connectivity index (χ4v) is 2.81. The van der Waals surface area contributed by atoms with Crippen LogP contribution in [0.25, 0.3) is 0 Å². The van der Waals surface area contributed by atoms with E-state index >= 15 is 0 Å². The molecule has 4 nitrogen and oxygen atoms in total. The lowest BCUT2D eigenvalue weighted by Crippen LogP contribution is -2.38. The van der Waals surface area contributed by atoms with Crippen molar-refractivity contribution >= 4 is 40.7 Å². The lowest BCUT2D eigenvalue weighted by atomic mass is 10.1. The normalized spacial score (nSPS) is 19.7. The number of rotatable bonds is 4. The lowest BCUT2D eigenvalue weighted by Gasteiger charge is -2.18. The Morgan fingerprint density at radius 3 is 2.57 bits per heavy atom. The zero-order valence-electron chi connectivity index (χ0n) is 12.0. The summed E-state index contributed by atoms with van der Waals surface area (Å²) in [6.07, 6.45) is 1.08. The number of amides is 2. The van der Waals surface area contributed by atoms with Crippen LogP contribution < -0.4 is 10.2 Å². The van der Waals surface area contributed by atoms with Crippen molar-refractivity contribution in [3.8, 4) is 0 Å². The molecule has 21 heavy (non-hydrogen) atoms. The maximum absolute atomic E-state index is 12.1. The highest BCUT2D eigenvalue weighted by molar-refractivity contribution is 6.35. The topological polar surface area (TPSA) is 49.4 Å². The zero-order valence-corrected chi connectivity index (χ0v) is 13.5. The Kier molecular flexibility index (Phi) is 5.12. The van der Waals surface area contributed by atoms with Gasteiger partial charge in [-0.25, -0.2) is 0 Å². The van der Waals surface area contributed by atoms with E-state index in [0.717, 1.165) is 6.42 Å². The Bertz CT molecular complexity index is 542. The largest absolute Gasteiger partial charge is 0.353 e. The molecule has 1 fully saturated rings. The highest BCUT2D eigenvalue weighted by Gasteiger charge is 2.35. The first kappa shape index (κ1) is 16.1. The van der Waals surface area contributed by atoms with Gasteiger partial charge in [0, 0.05) is 34.7 Å². The third-order valence-corrected chi connectivity index (χ3v) is 4.09. The number of nitrogens with zero attached hydrogens (tertiary/aromatic N) is 1. The van der Waals surface area contributed by atoms with Gasteiger partial charge in [-0.2, -0.15) is 0 Å². The molecule has 2 rings (SSSR count). The first-order chi connectivity index (χ1) is 9.90. The van der Waals surface area contributed by atoms with Crippen molar-refractivity contribution in [2.24, 2.45) is 5.92 Å². The Balaban J connectivity index is 2.10. The maximum Gasteiger partial charge on any atom is 0.227 e. The van der Waals surface area contributed by atoms with Gasteiger partial charge < -0.3 is 10.2 Å². The number of carbonyl (C=O) groups is 2. The third-order valence-electron chi connectivity index (χ3n) is 3.66. The van der Waals surface area contributed by atoms with Gasteiger partial charge in [0.1, 0.15) is 0 Å². The van der Waals surface area contributed by atoms with Crippen molar-refractivity contribution in [2.75, 3.05) is 11.4 Å². The Morgan fingerprint density at radius 2 is 2.00 bits per heavy atom. The molecule has 2 unspecified atom stereocenters. The van der Waals surface area contributed by atoms with Crippen molar-refractivity contribution in [3.05, 3.63) is 28.2 Å². The summed E-state index contributed by atoms with van der Waals surface area (Å²) >= 11 is 11.9. The van der Waals surface area contributed by atoms with Crippen LogP contribution in [0.5, 0.6) is 0 Å². The summed E-state index contributed by atoms with van der Waals surface area (Å²) in [5.41, 5.74) is 0.635. The van der Waals surface area contributed by atoms with Crippen LogP contribution in [0, 0.1) is 5.92 Å². The monoisotopic (exact) mass is 328 g/mol. The maximum atomic E-state index is 12.1. The molecule has 1 aliphatic heterocycles. The van der Waals surface area contributed by atoms with Gasteiger partial charge in [-0.3, -0.25) is 9.59 Å². The van der Waals surface area contributed by atoms with Crippen molar-refractivity contribution < 1.29 is 9.59 Å². The predicted molar refractivity (Wildman–Crippen MR) is 84.8 cm³/mol. The van der Waals surface area contributed by atoms with Gasteiger partial charge in [0.15, 0.2) is 0 Å². The van der Waals surface area contributed by atoms with Gasteiger partial charge in [0.2, 0.25) is 11.8 Å². The van der Waals surface area contributed by atoms with Crippen molar-refractivity contribution in [1.82, 2.24) is 5.32 Å². The predicted octanol–water partition coefficient (Wildman–Crippen LogP) is 3.26. The van der Waals surface area contributed by atoms with E-state index < -0.39 is 0 Å². The van der Waals surface area contributed by atoms with Crippen LogP contribution in [0.2, 0.25) is 10.0 Å².